The summed E-state index contributed by atoms with van der Waals surface area (Å²) < 4.78 is 10.8. The van der Waals surface area contributed by atoms with Crippen LogP contribution in [0.2, 0.25) is 0 Å². The monoisotopic (exact) mass is 339 g/mol. The molecule has 1 fully saturated rings. The van der Waals surface area contributed by atoms with Gasteiger partial charge in [0.25, 0.3) is 0 Å². The molecule has 5 heteroatoms. The molecule has 0 saturated carbocycles. The summed E-state index contributed by atoms with van der Waals surface area (Å²) in [6.07, 6.45) is 0. The molecule has 4 rings (SSSR count). The van der Waals surface area contributed by atoms with Crippen molar-refractivity contribution in [2.45, 2.75) is 6.92 Å². The smallest absolute Gasteiger partial charge is 0.231 e. The van der Waals surface area contributed by atoms with Gasteiger partial charge in [0.15, 0.2) is 11.5 Å². The lowest BCUT2D eigenvalue weighted by Gasteiger charge is -2.36. The van der Waals surface area contributed by atoms with Gasteiger partial charge in [-0.25, -0.2) is 0 Å². The van der Waals surface area contributed by atoms with Gasteiger partial charge in [-0.1, -0.05) is 17.7 Å². The molecule has 1 N–H and O–H groups in total. The van der Waals surface area contributed by atoms with Crippen LogP contribution in [0.1, 0.15) is 5.56 Å². The maximum Gasteiger partial charge on any atom is 0.231 e. The Morgan fingerprint density at radius 2 is 1.68 bits per heavy atom. The first-order chi connectivity index (χ1) is 12.3. The van der Waals surface area contributed by atoms with Crippen molar-refractivity contribution in [2.24, 2.45) is 0 Å². The molecule has 2 aromatic rings. The number of fused-ring (bicyclic) bond motifs is 1. The Balaban J connectivity index is 1.22. The molecule has 5 nitrogen and oxygen atoms in total. The van der Waals surface area contributed by atoms with E-state index in [0.717, 1.165) is 56.5 Å². The number of rotatable bonds is 5. The summed E-state index contributed by atoms with van der Waals surface area (Å²) >= 11 is 0. The first-order valence-corrected chi connectivity index (χ1v) is 8.95. The zero-order valence-corrected chi connectivity index (χ0v) is 14.7. The second kappa shape index (κ2) is 7.23. The standard InChI is InChI=1S/C20H25N3O2/c1-16-2-5-18(6-3-16)23-12-10-22(11-13-23)9-8-21-17-4-7-19-20(14-17)25-15-24-19/h2-7,14,21H,8-13,15H2,1H3. The van der Waals surface area contributed by atoms with Crippen LogP contribution in [-0.2, 0) is 0 Å². The number of anilines is 2. The van der Waals surface area contributed by atoms with Crippen molar-refractivity contribution in [2.75, 3.05) is 56.3 Å². The third-order valence-corrected chi connectivity index (χ3v) is 4.90. The van der Waals surface area contributed by atoms with Crippen LogP contribution in [0.15, 0.2) is 42.5 Å². The number of hydrogen-bond donors (Lipinski definition) is 1. The number of nitrogens with one attached hydrogen (secondary N) is 1. The Hall–Kier alpha value is -2.40. The molecule has 0 radical (unpaired) electrons. The third kappa shape index (κ3) is 3.82. The summed E-state index contributed by atoms with van der Waals surface area (Å²) in [5.41, 5.74) is 3.74. The Bertz CT molecular complexity index is 709. The van der Waals surface area contributed by atoms with E-state index in [4.69, 9.17) is 9.47 Å². The van der Waals surface area contributed by atoms with Gasteiger partial charge in [-0.3, -0.25) is 4.90 Å². The van der Waals surface area contributed by atoms with Crippen LogP contribution in [0.25, 0.3) is 0 Å². The SMILES string of the molecule is Cc1ccc(N2CCN(CCNc3ccc4c(c3)OCO4)CC2)cc1. The van der Waals surface area contributed by atoms with E-state index in [1.807, 2.05) is 18.2 Å². The van der Waals surface area contributed by atoms with Gasteiger partial charge >= 0.3 is 0 Å². The molecule has 0 atom stereocenters. The zero-order chi connectivity index (χ0) is 17.1. The van der Waals surface area contributed by atoms with Crippen LogP contribution in [0, 0.1) is 6.92 Å². The molecule has 0 unspecified atom stereocenters. The zero-order valence-electron chi connectivity index (χ0n) is 14.7. The van der Waals surface area contributed by atoms with Gasteiger partial charge in [0, 0.05) is 56.7 Å². The van der Waals surface area contributed by atoms with E-state index >= 15 is 0 Å². The average molecular weight is 339 g/mol. The van der Waals surface area contributed by atoms with E-state index in [1.165, 1.54) is 11.3 Å². The molecule has 0 amide bonds. The highest BCUT2D eigenvalue weighted by Crippen LogP contribution is 2.34. The van der Waals surface area contributed by atoms with Crippen LogP contribution in [0.3, 0.4) is 0 Å². The van der Waals surface area contributed by atoms with Gasteiger partial charge < -0.3 is 19.7 Å². The van der Waals surface area contributed by atoms with E-state index in [2.05, 4.69) is 46.3 Å². The normalized spacial score (nSPS) is 16.9. The molecular weight excluding hydrogens is 314 g/mol. The fraction of sp³-hybridized carbons (Fsp3) is 0.400. The van der Waals surface area contributed by atoms with E-state index in [1.54, 1.807) is 0 Å². The number of aryl methyl sites for hydroxylation is 1. The highest BCUT2D eigenvalue weighted by atomic mass is 16.7. The fourth-order valence-corrected chi connectivity index (χ4v) is 3.35. The predicted octanol–water partition coefficient (Wildman–Crippen LogP) is 2.96. The largest absolute Gasteiger partial charge is 0.454 e. The van der Waals surface area contributed by atoms with Crippen molar-refractivity contribution in [3.8, 4) is 11.5 Å². The molecule has 0 spiro atoms. The van der Waals surface area contributed by atoms with E-state index in [9.17, 15) is 0 Å². The molecule has 1 saturated heterocycles. The summed E-state index contributed by atoms with van der Waals surface area (Å²) in [5.74, 6) is 1.66. The summed E-state index contributed by atoms with van der Waals surface area (Å²) in [6.45, 7) is 8.84. The Morgan fingerprint density at radius 1 is 0.920 bits per heavy atom. The van der Waals surface area contributed by atoms with Crippen LogP contribution >= 0.6 is 0 Å². The van der Waals surface area contributed by atoms with Crippen molar-refractivity contribution < 1.29 is 9.47 Å². The second-order valence-corrected chi connectivity index (χ2v) is 6.66. The number of nitrogens with zero attached hydrogens (tertiary/aromatic N) is 2. The minimum Gasteiger partial charge on any atom is -0.454 e. The Morgan fingerprint density at radius 3 is 2.48 bits per heavy atom. The fourth-order valence-electron chi connectivity index (χ4n) is 3.35. The average Bonchev–Trinajstić information content (AvgIpc) is 3.11. The lowest BCUT2D eigenvalue weighted by atomic mass is 10.2. The summed E-state index contributed by atoms with van der Waals surface area (Å²) in [7, 11) is 0. The van der Waals surface area contributed by atoms with Gasteiger partial charge in [0.2, 0.25) is 6.79 Å². The van der Waals surface area contributed by atoms with Crippen LogP contribution in [0.5, 0.6) is 11.5 Å². The van der Waals surface area contributed by atoms with Crippen molar-refractivity contribution >= 4 is 11.4 Å². The molecule has 2 aliphatic heterocycles. The molecule has 0 aliphatic carbocycles. The van der Waals surface area contributed by atoms with E-state index in [0.29, 0.717) is 6.79 Å². The maximum absolute atomic E-state index is 5.42. The molecule has 132 valence electrons. The third-order valence-electron chi connectivity index (χ3n) is 4.90. The second-order valence-electron chi connectivity index (χ2n) is 6.66. The molecule has 0 bridgehead atoms. The lowest BCUT2D eigenvalue weighted by Crippen LogP contribution is -2.47. The molecule has 2 heterocycles. The Kier molecular flexibility index (Phi) is 4.65. The maximum atomic E-state index is 5.42. The minimum atomic E-state index is 0.323. The van der Waals surface area contributed by atoms with Gasteiger partial charge in [-0.05, 0) is 31.2 Å². The van der Waals surface area contributed by atoms with Gasteiger partial charge in [-0.2, -0.15) is 0 Å². The summed E-state index contributed by atoms with van der Waals surface area (Å²) in [5, 5.41) is 3.48. The summed E-state index contributed by atoms with van der Waals surface area (Å²) in [4.78, 5) is 4.99. The Labute approximate surface area is 149 Å². The van der Waals surface area contributed by atoms with Crippen molar-refractivity contribution in [1.82, 2.24) is 4.90 Å². The van der Waals surface area contributed by atoms with Crippen LogP contribution in [0.4, 0.5) is 11.4 Å². The first kappa shape index (κ1) is 16.1. The van der Waals surface area contributed by atoms with Crippen molar-refractivity contribution in [3.63, 3.8) is 0 Å². The quantitative estimate of drug-likeness (QED) is 0.906. The predicted molar refractivity (Wildman–Crippen MR) is 101 cm³/mol. The van der Waals surface area contributed by atoms with Crippen molar-refractivity contribution in [3.05, 3.63) is 48.0 Å². The molecule has 0 aromatic heterocycles. The van der Waals surface area contributed by atoms with Crippen molar-refractivity contribution in [1.29, 1.82) is 0 Å². The van der Waals surface area contributed by atoms with Gasteiger partial charge in [0.05, 0.1) is 0 Å². The lowest BCUT2D eigenvalue weighted by molar-refractivity contribution is 0.174. The highest BCUT2D eigenvalue weighted by molar-refractivity contribution is 5.55. The minimum absolute atomic E-state index is 0.323. The number of ether oxygens (including phenoxy) is 2. The van der Waals surface area contributed by atoms with Gasteiger partial charge in [0.1, 0.15) is 0 Å². The summed E-state index contributed by atoms with van der Waals surface area (Å²) in [6, 6.07) is 14.9. The topological polar surface area (TPSA) is 37.0 Å². The molecule has 25 heavy (non-hydrogen) atoms. The van der Waals surface area contributed by atoms with Crippen LogP contribution in [-0.4, -0.2) is 51.0 Å². The number of hydrogen-bond acceptors (Lipinski definition) is 5. The van der Waals surface area contributed by atoms with Crippen LogP contribution < -0.4 is 19.7 Å². The highest BCUT2D eigenvalue weighted by Gasteiger charge is 2.17. The number of piperazine rings is 1. The van der Waals surface area contributed by atoms with E-state index in [-0.39, 0.29) is 0 Å². The molecular formula is C20H25N3O2. The number of benzene rings is 2. The van der Waals surface area contributed by atoms with E-state index < -0.39 is 0 Å². The first-order valence-electron chi connectivity index (χ1n) is 8.95. The molecule has 2 aromatic carbocycles. The van der Waals surface area contributed by atoms with Gasteiger partial charge in [-0.15, -0.1) is 0 Å². The molecule has 2 aliphatic rings.